The molecule has 21 heavy (non-hydrogen) atoms. The molecule has 1 aliphatic rings. The van der Waals surface area contributed by atoms with Gasteiger partial charge in [-0.15, -0.1) is 0 Å². The molecule has 1 saturated heterocycles. The second-order valence-electron chi connectivity index (χ2n) is 5.52. The number of amides is 1. The van der Waals surface area contributed by atoms with Gasteiger partial charge in [0.1, 0.15) is 5.82 Å². The fourth-order valence-electron chi connectivity index (χ4n) is 2.84. The molecule has 116 valence electrons. The van der Waals surface area contributed by atoms with Gasteiger partial charge in [0, 0.05) is 25.6 Å². The van der Waals surface area contributed by atoms with Crippen LogP contribution < -0.4 is 10.6 Å². The normalized spacial score (nSPS) is 19.4. The largest absolute Gasteiger partial charge is 0.324 e. The van der Waals surface area contributed by atoms with Crippen molar-refractivity contribution in [1.82, 2.24) is 10.2 Å². The van der Waals surface area contributed by atoms with Crippen LogP contribution in [0.15, 0.2) is 24.3 Å². The van der Waals surface area contributed by atoms with Crippen molar-refractivity contribution in [3.63, 3.8) is 0 Å². The SMILES string of the molecule is CNCC1CCCCN1CCC(=O)Nc1ccccc1F. The molecule has 2 rings (SSSR count). The number of rotatable bonds is 6. The lowest BCUT2D eigenvalue weighted by Gasteiger charge is -2.35. The van der Waals surface area contributed by atoms with Crippen LogP contribution in [0.3, 0.4) is 0 Å². The molecule has 0 aliphatic carbocycles. The minimum absolute atomic E-state index is 0.131. The number of carbonyl (C=O) groups is 1. The van der Waals surface area contributed by atoms with Crippen molar-refractivity contribution in [2.45, 2.75) is 31.7 Å². The van der Waals surface area contributed by atoms with E-state index in [1.807, 2.05) is 7.05 Å². The average Bonchev–Trinajstić information content (AvgIpc) is 2.49. The summed E-state index contributed by atoms with van der Waals surface area (Å²) in [5.74, 6) is -0.522. The molecular weight excluding hydrogens is 269 g/mol. The number of hydrogen-bond acceptors (Lipinski definition) is 3. The maximum absolute atomic E-state index is 13.5. The van der Waals surface area contributed by atoms with Gasteiger partial charge in [0.05, 0.1) is 5.69 Å². The molecule has 0 aromatic heterocycles. The Bertz CT molecular complexity index is 465. The number of anilines is 1. The molecule has 0 spiro atoms. The molecule has 1 atom stereocenters. The molecule has 1 heterocycles. The predicted molar refractivity (Wildman–Crippen MR) is 82.8 cm³/mol. The Kier molecular flexibility index (Phi) is 6.14. The number of benzene rings is 1. The lowest BCUT2D eigenvalue weighted by Crippen LogP contribution is -2.45. The third kappa shape index (κ3) is 4.79. The zero-order chi connectivity index (χ0) is 15.1. The summed E-state index contributed by atoms with van der Waals surface area (Å²) in [5.41, 5.74) is 0.257. The van der Waals surface area contributed by atoms with E-state index in [4.69, 9.17) is 0 Å². The van der Waals surface area contributed by atoms with Crippen LogP contribution in [0.4, 0.5) is 10.1 Å². The highest BCUT2D eigenvalue weighted by atomic mass is 19.1. The monoisotopic (exact) mass is 293 g/mol. The molecule has 0 bridgehead atoms. The summed E-state index contributed by atoms with van der Waals surface area (Å²) in [6, 6.07) is 6.76. The van der Waals surface area contributed by atoms with Crippen molar-refractivity contribution in [2.24, 2.45) is 0 Å². The average molecular weight is 293 g/mol. The fraction of sp³-hybridized carbons (Fsp3) is 0.562. The van der Waals surface area contributed by atoms with E-state index in [-0.39, 0.29) is 11.6 Å². The Hall–Kier alpha value is -1.46. The summed E-state index contributed by atoms with van der Waals surface area (Å²) in [6.45, 7) is 2.72. The topological polar surface area (TPSA) is 44.4 Å². The maximum Gasteiger partial charge on any atom is 0.225 e. The minimum atomic E-state index is -0.392. The first kappa shape index (κ1) is 15.9. The molecule has 1 amide bonds. The van der Waals surface area contributed by atoms with Crippen LogP contribution >= 0.6 is 0 Å². The van der Waals surface area contributed by atoms with Crippen molar-refractivity contribution in [1.29, 1.82) is 0 Å². The molecule has 0 radical (unpaired) electrons. The summed E-state index contributed by atoms with van der Waals surface area (Å²) in [4.78, 5) is 14.3. The van der Waals surface area contributed by atoms with Gasteiger partial charge in [-0.25, -0.2) is 4.39 Å². The van der Waals surface area contributed by atoms with E-state index in [0.717, 1.165) is 19.6 Å². The number of likely N-dealkylation sites (N-methyl/N-ethyl adjacent to an activating group) is 1. The van der Waals surface area contributed by atoms with Gasteiger partial charge in [0.25, 0.3) is 0 Å². The van der Waals surface area contributed by atoms with Crippen molar-refractivity contribution in [3.8, 4) is 0 Å². The number of nitrogens with one attached hydrogen (secondary N) is 2. The molecule has 1 unspecified atom stereocenters. The van der Waals surface area contributed by atoms with Gasteiger partial charge in [-0.05, 0) is 38.6 Å². The number of carbonyl (C=O) groups excluding carboxylic acids is 1. The number of hydrogen-bond donors (Lipinski definition) is 2. The van der Waals surface area contributed by atoms with Crippen molar-refractivity contribution < 1.29 is 9.18 Å². The molecule has 1 aliphatic heterocycles. The van der Waals surface area contributed by atoms with Gasteiger partial charge < -0.3 is 10.6 Å². The Morgan fingerprint density at radius 2 is 2.19 bits per heavy atom. The first-order valence-corrected chi connectivity index (χ1v) is 7.63. The van der Waals surface area contributed by atoms with Crippen LogP contribution in [0.2, 0.25) is 0 Å². The smallest absolute Gasteiger partial charge is 0.225 e. The highest BCUT2D eigenvalue weighted by molar-refractivity contribution is 5.90. The van der Waals surface area contributed by atoms with Gasteiger partial charge >= 0.3 is 0 Å². The lowest BCUT2D eigenvalue weighted by atomic mass is 10.0. The number of nitrogens with zero attached hydrogens (tertiary/aromatic N) is 1. The molecule has 1 aromatic carbocycles. The van der Waals surface area contributed by atoms with E-state index in [1.165, 1.54) is 25.3 Å². The summed E-state index contributed by atoms with van der Waals surface area (Å²) < 4.78 is 13.5. The van der Waals surface area contributed by atoms with Crippen LogP contribution in [-0.2, 0) is 4.79 Å². The minimum Gasteiger partial charge on any atom is -0.324 e. The molecule has 2 N–H and O–H groups in total. The van der Waals surface area contributed by atoms with Crippen LogP contribution in [0.5, 0.6) is 0 Å². The van der Waals surface area contributed by atoms with Crippen molar-refractivity contribution in [3.05, 3.63) is 30.1 Å². The molecular formula is C16H24FN3O. The molecule has 0 saturated carbocycles. The van der Waals surface area contributed by atoms with E-state index < -0.39 is 5.82 Å². The summed E-state index contributed by atoms with van der Waals surface area (Å²) in [7, 11) is 1.96. The molecule has 4 nitrogen and oxygen atoms in total. The number of halogens is 1. The maximum atomic E-state index is 13.5. The van der Waals surface area contributed by atoms with Gasteiger partial charge in [-0.3, -0.25) is 9.69 Å². The van der Waals surface area contributed by atoms with Crippen molar-refractivity contribution in [2.75, 3.05) is 32.0 Å². The van der Waals surface area contributed by atoms with E-state index in [0.29, 0.717) is 12.5 Å². The molecule has 1 aromatic rings. The Labute approximate surface area is 125 Å². The van der Waals surface area contributed by atoms with Gasteiger partial charge in [0.2, 0.25) is 5.91 Å². The third-order valence-corrected chi connectivity index (χ3v) is 3.96. The van der Waals surface area contributed by atoms with Gasteiger partial charge in [0.15, 0.2) is 0 Å². The Morgan fingerprint density at radius 1 is 1.38 bits per heavy atom. The van der Waals surface area contributed by atoms with Crippen LogP contribution in [-0.4, -0.2) is 43.5 Å². The Balaban J connectivity index is 1.81. The molecule has 5 heteroatoms. The van der Waals surface area contributed by atoms with Gasteiger partial charge in [-0.2, -0.15) is 0 Å². The lowest BCUT2D eigenvalue weighted by molar-refractivity contribution is -0.116. The predicted octanol–water partition coefficient (Wildman–Crippen LogP) is 2.23. The summed E-state index contributed by atoms with van der Waals surface area (Å²) in [5, 5.41) is 5.85. The zero-order valence-electron chi connectivity index (χ0n) is 12.6. The van der Waals surface area contributed by atoms with E-state index >= 15 is 0 Å². The van der Waals surface area contributed by atoms with Crippen molar-refractivity contribution >= 4 is 11.6 Å². The first-order valence-electron chi connectivity index (χ1n) is 7.63. The number of para-hydroxylation sites is 1. The third-order valence-electron chi connectivity index (χ3n) is 3.96. The van der Waals surface area contributed by atoms with Crippen LogP contribution in [0, 0.1) is 5.82 Å². The summed E-state index contributed by atoms with van der Waals surface area (Å²) in [6.07, 6.45) is 4.02. The quantitative estimate of drug-likeness (QED) is 0.845. The Morgan fingerprint density at radius 3 is 2.95 bits per heavy atom. The molecule has 1 fully saturated rings. The second kappa shape index (κ2) is 8.10. The zero-order valence-corrected chi connectivity index (χ0v) is 12.6. The fourth-order valence-corrected chi connectivity index (χ4v) is 2.84. The van der Waals surface area contributed by atoms with Crippen LogP contribution in [0.25, 0.3) is 0 Å². The number of piperidine rings is 1. The highest BCUT2D eigenvalue weighted by Gasteiger charge is 2.22. The summed E-state index contributed by atoms with van der Waals surface area (Å²) >= 11 is 0. The van der Waals surface area contributed by atoms with E-state index in [9.17, 15) is 9.18 Å². The first-order chi connectivity index (χ1) is 10.2. The highest BCUT2D eigenvalue weighted by Crippen LogP contribution is 2.17. The van der Waals surface area contributed by atoms with E-state index in [1.54, 1.807) is 18.2 Å². The second-order valence-corrected chi connectivity index (χ2v) is 5.52. The standard InChI is InChI=1S/C16H24FN3O/c1-18-12-13-6-4-5-10-20(13)11-9-16(21)19-15-8-3-2-7-14(15)17/h2-3,7-8,13,18H,4-6,9-12H2,1H3,(H,19,21). The van der Waals surface area contributed by atoms with Gasteiger partial charge in [-0.1, -0.05) is 18.6 Å². The number of likely N-dealkylation sites (tertiary alicyclic amines) is 1. The van der Waals surface area contributed by atoms with Crippen LogP contribution in [0.1, 0.15) is 25.7 Å². The van der Waals surface area contributed by atoms with E-state index in [2.05, 4.69) is 15.5 Å².